The Morgan fingerprint density at radius 2 is 1.05 bits per heavy atom. The molecule has 0 saturated carbocycles. The van der Waals surface area contributed by atoms with Crippen LogP contribution in [0.25, 0.3) is 0 Å². The fourth-order valence-corrected chi connectivity index (χ4v) is 7.53. The van der Waals surface area contributed by atoms with Crippen molar-refractivity contribution in [1.82, 2.24) is 19.8 Å². The summed E-state index contributed by atoms with van der Waals surface area (Å²) in [5.41, 5.74) is 2.54. The van der Waals surface area contributed by atoms with Crippen LogP contribution in [0.4, 0.5) is 10.3 Å². The first-order chi connectivity index (χ1) is 19.7. The van der Waals surface area contributed by atoms with Crippen molar-refractivity contribution in [1.29, 1.82) is 0 Å². The Bertz CT molecular complexity index is 1160. The number of thiazole rings is 2. The van der Waals surface area contributed by atoms with Gasteiger partial charge in [0, 0.05) is 88.4 Å². The van der Waals surface area contributed by atoms with Crippen LogP contribution in [0.3, 0.4) is 0 Å². The van der Waals surface area contributed by atoms with Gasteiger partial charge < -0.3 is 19.6 Å². The molecule has 0 bridgehead atoms. The second-order valence-electron chi connectivity index (χ2n) is 9.63. The minimum Gasteiger partial charge on any atom is -0.345 e. The van der Waals surface area contributed by atoms with Crippen molar-refractivity contribution >= 4 is 67.4 Å². The summed E-state index contributed by atoms with van der Waals surface area (Å²) in [6.45, 7) is 6.78. The Morgan fingerprint density at radius 1 is 0.625 bits per heavy atom. The van der Waals surface area contributed by atoms with E-state index in [-0.39, 0.29) is 11.8 Å². The molecule has 0 atom stereocenters. The van der Waals surface area contributed by atoms with Crippen molar-refractivity contribution in [2.75, 3.05) is 62.2 Å². The second-order valence-corrected chi connectivity index (χ2v) is 12.9. The van der Waals surface area contributed by atoms with Gasteiger partial charge in [0.1, 0.15) is 0 Å². The molecule has 2 aliphatic rings. The molecular formula is C28H34N6O2S4. The molecule has 0 N–H and O–H groups in total. The number of thiophene rings is 2. The Hall–Kier alpha value is -2.80. The summed E-state index contributed by atoms with van der Waals surface area (Å²) in [7, 11) is 0. The largest absolute Gasteiger partial charge is 0.345 e. The van der Waals surface area contributed by atoms with Crippen LogP contribution in [0.2, 0.25) is 0 Å². The Morgan fingerprint density at radius 3 is 1.38 bits per heavy atom. The number of carbonyl (C=O) groups excluding carboxylic acids is 2. The molecule has 2 aliphatic heterocycles. The van der Waals surface area contributed by atoms with Crippen molar-refractivity contribution < 1.29 is 9.59 Å². The van der Waals surface area contributed by atoms with Crippen molar-refractivity contribution in [2.24, 2.45) is 0 Å². The molecule has 40 heavy (non-hydrogen) atoms. The van der Waals surface area contributed by atoms with E-state index in [1.807, 2.05) is 33.0 Å². The Balaban J connectivity index is 0.000000161. The normalized spacial score (nSPS) is 15.6. The monoisotopic (exact) mass is 614 g/mol. The molecule has 12 heteroatoms. The first kappa shape index (κ1) is 28.7. The molecule has 0 unspecified atom stereocenters. The number of carbonyl (C=O) groups is 2. The Labute approximate surface area is 251 Å². The molecule has 6 rings (SSSR count). The van der Waals surface area contributed by atoms with Crippen LogP contribution in [-0.2, 0) is 22.4 Å². The summed E-state index contributed by atoms with van der Waals surface area (Å²) < 4.78 is 0. The van der Waals surface area contributed by atoms with Gasteiger partial charge in [-0.1, -0.05) is 0 Å². The lowest BCUT2D eigenvalue weighted by Gasteiger charge is -2.34. The molecule has 0 aromatic carbocycles. The van der Waals surface area contributed by atoms with E-state index in [9.17, 15) is 9.59 Å². The van der Waals surface area contributed by atoms with E-state index in [4.69, 9.17) is 0 Å². The number of aryl methyl sites for hydroxylation is 2. The lowest BCUT2D eigenvalue weighted by atomic mass is 10.1. The van der Waals surface area contributed by atoms with Gasteiger partial charge in [-0.05, 0) is 57.6 Å². The van der Waals surface area contributed by atoms with Gasteiger partial charge in [-0.3, -0.25) is 9.59 Å². The number of piperazine rings is 2. The molecule has 4 aromatic rings. The van der Waals surface area contributed by atoms with Crippen LogP contribution in [0.1, 0.15) is 24.0 Å². The number of hydrogen-bond donors (Lipinski definition) is 0. The minimum atomic E-state index is 0.273. The lowest BCUT2D eigenvalue weighted by Crippen LogP contribution is -2.48. The summed E-state index contributed by atoms with van der Waals surface area (Å²) >= 11 is 6.70. The molecule has 2 amide bonds. The van der Waals surface area contributed by atoms with Crippen LogP contribution >= 0.6 is 45.3 Å². The van der Waals surface area contributed by atoms with E-state index in [2.05, 4.69) is 53.4 Å². The van der Waals surface area contributed by atoms with Crippen LogP contribution in [0.5, 0.6) is 0 Å². The predicted octanol–water partition coefficient (Wildman–Crippen LogP) is 4.97. The van der Waals surface area contributed by atoms with E-state index >= 15 is 0 Å². The Kier molecular flexibility index (Phi) is 10.6. The zero-order chi connectivity index (χ0) is 27.6. The maximum Gasteiger partial charge on any atom is 0.223 e. The summed E-state index contributed by atoms with van der Waals surface area (Å²) in [5.74, 6) is 0.546. The zero-order valence-electron chi connectivity index (χ0n) is 22.4. The quantitative estimate of drug-likeness (QED) is 0.279. The van der Waals surface area contributed by atoms with Gasteiger partial charge in [-0.25, -0.2) is 9.97 Å². The number of rotatable bonds is 8. The van der Waals surface area contributed by atoms with Crippen molar-refractivity contribution in [3.63, 3.8) is 0 Å². The smallest absolute Gasteiger partial charge is 0.223 e. The van der Waals surface area contributed by atoms with Crippen LogP contribution in [0.15, 0.2) is 56.8 Å². The molecule has 2 fully saturated rings. The summed E-state index contributed by atoms with van der Waals surface area (Å²) in [6, 6.07) is 4.19. The van der Waals surface area contributed by atoms with Gasteiger partial charge in [0.25, 0.3) is 0 Å². The van der Waals surface area contributed by atoms with E-state index < -0.39 is 0 Å². The van der Waals surface area contributed by atoms with Crippen molar-refractivity contribution in [3.8, 4) is 0 Å². The van der Waals surface area contributed by atoms with Crippen molar-refractivity contribution in [3.05, 3.63) is 67.9 Å². The molecule has 0 radical (unpaired) electrons. The van der Waals surface area contributed by atoms with E-state index in [0.29, 0.717) is 12.8 Å². The molecule has 2 saturated heterocycles. The topological polar surface area (TPSA) is 72.9 Å². The van der Waals surface area contributed by atoms with Gasteiger partial charge >= 0.3 is 0 Å². The highest BCUT2D eigenvalue weighted by Crippen LogP contribution is 2.20. The van der Waals surface area contributed by atoms with Crippen LogP contribution in [0, 0.1) is 0 Å². The number of anilines is 2. The summed E-state index contributed by atoms with van der Waals surface area (Å²) in [4.78, 5) is 41.5. The third-order valence-electron chi connectivity index (χ3n) is 7.06. The van der Waals surface area contributed by atoms with E-state index in [0.717, 1.165) is 75.5 Å². The van der Waals surface area contributed by atoms with Gasteiger partial charge in [0.2, 0.25) is 11.8 Å². The molecule has 8 nitrogen and oxygen atoms in total. The third-order valence-corrected chi connectivity index (χ3v) is 10.2. The molecule has 0 aliphatic carbocycles. The highest BCUT2D eigenvalue weighted by atomic mass is 32.1. The van der Waals surface area contributed by atoms with Gasteiger partial charge in [0.05, 0.1) is 0 Å². The van der Waals surface area contributed by atoms with Gasteiger partial charge in [0.15, 0.2) is 10.3 Å². The number of aromatic nitrogens is 2. The van der Waals surface area contributed by atoms with Gasteiger partial charge in [-0.15, -0.1) is 22.7 Å². The lowest BCUT2D eigenvalue weighted by molar-refractivity contribution is -0.132. The highest BCUT2D eigenvalue weighted by Gasteiger charge is 2.23. The average Bonchev–Trinajstić information content (AvgIpc) is 3.84. The van der Waals surface area contributed by atoms with Crippen LogP contribution in [-0.4, -0.2) is 83.9 Å². The van der Waals surface area contributed by atoms with Gasteiger partial charge in [-0.2, -0.15) is 22.7 Å². The SMILES string of the molecule is O=C(CCc1ccsc1)N1CCN(c2nccs2)CC1.O=C(CCc1ccsc1)N1CCN(c2nccs2)CC1. The number of hydrogen-bond acceptors (Lipinski definition) is 10. The molecular weight excluding hydrogens is 581 g/mol. The fourth-order valence-electron chi connectivity index (χ4n) is 4.73. The zero-order valence-corrected chi connectivity index (χ0v) is 25.7. The second kappa shape index (κ2) is 14.7. The maximum atomic E-state index is 12.2. The van der Waals surface area contributed by atoms with Crippen LogP contribution < -0.4 is 9.80 Å². The third kappa shape index (κ3) is 8.12. The molecule has 0 spiro atoms. The standard InChI is InChI=1S/2C14H17N3OS2/c2*18-13(2-1-12-3-9-19-11-12)16-5-7-17(8-6-16)14-15-4-10-20-14/h2*3-4,9-11H,1-2,5-8H2. The fraction of sp³-hybridized carbons (Fsp3) is 0.429. The van der Waals surface area contributed by atoms with Crippen molar-refractivity contribution in [2.45, 2.75) is 25.7 Å². The molecule has 6 heterocycles. The summed E-state index contributed by atoms with van der Waals surface area (Å²) in [6.07, 6.45) is 6.61. The first-order valence-electron chi connectivity index (χ1n) is 13.5. The molecule has 4 aromatic heterocycles. The maximum absolute atomic E-state index is 12.2. The highest BCUT2D eigenvalue weighted by molar-refractivity contribution is 7.14. The first-order valence-corrected chi connectivity index (χ1v) is 17.2. The molecule has 212 valence electrons. The minimum absolute atomic E-state index is 0.273. The average molecular weight is 615 g/mol. The predicted molar refractivity (Wildman–Crippen MR) is 167 cm³/mol. The number of nitrogens with zero attached hydrogens (tertiary/aromatic N) is 6. The van der Waals surface area contributed by atoms with E-state index in [1.54, 1.807) is 45.3 Å². The number of amides is 2. The summed E-state index contributed by atoms with van der Waals surface area (Å²) in [5, 5.41) is 14.5. The van der Waals surface area contributed by atoms with E-state index in [1.165, 1.54) is 11.1 Å².